The number of fused-ring (bicyclic) bond motifs is 1. The number of hydrogen-bond acceptors (Lipinski definition) is 6. The predicted octanol–water partition coefficient (Wildman–Crippen LogP) is 0.759. The summed E-state index contributed by atoms with van der Waals surface area (Å²) in [6, 6.07) is 11.6. The van der Waals surface area contributed by atoms with E-state index in [2.05, 4.69) is 27.3 Å². The first-order valence-corrected chi connectivity index (χ1v) is 10.2. The van der Waals surface area contributed by atoms with E-state index in [1.807, 2.05) is 12.1 Å². The molecule has 2 atom stereocenters. The van der Waals surface area contributed by atoms with Crippen molar-refractivity contribution in [3.05, 3.63) is 58.8 Å². The lowest BCUT2D eigenvalue weighted by Gasteiger charge is -2.32. The van der Waals surface area contributed by atoms with Crippen LogP contribution < -0.4 is 16.0 Å². The number of amides is 1. The van der Waals surface area contributed by atoms with Crippen LogP contribution in [0.3, 0.4) is 0 Å². The third-order valence-corrected chi connectivity index (χ3v) is 5.99. The lowest BCUT2D eigenvalue weighted by molar-refractivity contribution is 0.0994. The molecule has 4 rings (SSSR count). The molecule has 0 aliphatic carbocycles. The number of aliphatic hydroxyl groups excluding tert-OH is 2. The molecule has 1 aromatic carbocycles. The van der Waals surface area contributed by atoms with Gasteiger partial charge in [0, 0.05) is 32.1 Å². The molecule has 1 aromatic heterocycles. The van der Waals surface area contributed by atoms with E-state index in [-0.39, 0.29) is 18.6 Å². The molecule has 2 aliphatic heterocycles. The molecule has 0 bridgehead atoms. The molecule has 5 N–H and O–H groups in total. The standard InChI is InChI=1S/C22H28N4O3/c23-22(29)17-5-6-21(26-9-7-16(27)8-10-26)25-18(17)12-20(28)19-11-14-3-1-2-4-15(14)13-24-19/h1-6,16,19-20,24,27-28H,7-13H2,(H2,23,29)/t19-,20+/m0/s1. The summed E-state index contributed by atoms with van der Waals surface area (Å²) in [6.45, 7) is 2.14. The number of nitrogens with zero attached hydrogens (tertiary/aromatic N) is 2. The summed E-state index contributed by atoms with van der Waals surface area (Å²) in [5.74, 6) is 0.216. The molecule has 0 spiro atoms. The van der Waals surface area contributed by atoms with E-state index in [9.17, 15) is 15.0 Å². The highest BCUT2D eigenvalue weighted by molar-refractivity contribution is 5.94. The molecule has 7 heteroatoms. The van der Waals surface area contributed by atoms with Gasteiger partial charge in [-0.1, -0.05) is 24.3 Å². The van der Waals surface area contributed by atoms with E-state index < -0.39 is 12.0 Å². The number of piperidine rings is 1. The van der Waals surface area contributed by atoms with E-state index in [1.54, 1.807) is 12.1 Å². The van der Waals surface area contributed by atoms with Crippen LogP contribution in [0.15, 0.2) is 36.4 Å². The van der Waals surface area contributed by atoms with Crippen molar-refractivity contribution in [2.45, 2.75) is 50.5 Å². The second-order valence-corrected chi connectivity index (χ2v) is 7.98. The van der Waals surface area contributed by atoms with Crippen molar-refractivity contribution in [2.75, 3.05) is 18.0 Å². The van der Waals surface area contributed by atoms with E-state index in [0.717, 1.165) is 12.2 Å². The van der Waals surface area contributed by atoms with Gasteiger partial charge < -0.3 is 26.2 Å². The van der Waals surface area contributed by atoms with Crippen LogP contribution in [0.4, 0.5) is 5.82 Å². The molecule has 2 aromatic rings. The van der Waals surface area contributed by atoms with Gasteiger partial charge in [-0.15, -0.1) is 0 Å². The Labute approximate surface area is 170 Å². The quantitative estimate of drug-likeness (QED) is 0.594. The first-order chi connectivity index (χ1) is 14.0. The highest BCUT2D eigenvalue weighted by Crippen LogP contribution is 2.23. The molecular weight excluding hydrogens is 368 g/mol. The minimum atomic E-state index is -0.688. The maximum absolute atomic E-state index is 11.9. The number of carbonyl (C=O) groups excluding carboxylic acids is 1. The zero-order valence-electron chi connectivity index (χ0n) is 16.4. The zero-order chi connectivity index (χ0) is 20.4. The maximum Gasteiger partial charge on any atom is 0.250 e. The summed E-state index contributed by atoms with van der Waals surface area (Å²) in [7, 11) is 0. The number of rotatable bonds is 5. The van der Waals surface area contributed by atoms with E-state index in [0.29, 0.717) is 43.7 Å². The molecule has 2 aliphatic rings. The highest BCUT2D eigenvalue weighted by Gasteiger charge is 2.27. The Hall–Kier alpha value is -2.48. The van der Waals surface area contributed by atoms with Crippen molar-refractivity contribution in [2.24, 2.45) is 5.73 Å². The molecule has 154 valence electrons. The van der Waals surface area contributed by atoms with Gasteiger partial charge in [0.2, 0.25) is 0 Å². The Bertz CT molecular complexity index is 880. The summed E-state index contributed by atoms with van der Waals surface area (Å²) in [5, 5.41) is 24.0. The van der Waals surface area contributed by atoms with Gasteiger partial charge in [-0.2, -0.15) is 0 Å². The van der Waals surface area contributed by atoms with E-state index >= 15 is 0 Å². The first-order valence-electron chi connectivity index (χ1n) is 10.2. The van der Waals surface area contributed by atoms with Gasteiger partial charge in [0.25, 0.3) is 5.91 Å². The summed E-state index contributed by atoms with van der Waals surface area (Å²) >= 11 is 0. The minimum absolute atomic E-state index is 0.110. The van der Waals surface area contributed by atoms with Crippen LogP contribution in [0.25, 0.3) is 0 Å². The molecular formula is C22H28N4O3. The van der Waals surface area contributed by atoms with Crippen molar-refractivity contribution >= 4 is 11.7 Å². The number of carbonyl (C=O) groups is 1. The monoisotopic (exact) mass is 396 g/mol. The summed E-state index contributed by atoms with van der Waals surface area (Å²) in [4.78, 5) is 18.7. The third-order valence-electron chi connectivity index (χ3n) is 5.99. The minimum Gasteiger partial charge on any atom is -0.393 e. The van der Waals surface area contributed by atoms with Crippen molar-refractivity contribution in [1.29, 1.82) is 0 Å². The number of pyridine rings is 1. The molecule has 0 saturated carbocycles. The van der Waals surface area contributed by atoms with Crippen LogP contribution in [0.2, 0.25) is 0 Å². The summed E-state index contributed by atoms with van der Waals surface area (Å²) in [5.41, 5.74) is 8.91. The number of hydrogen-bond donors (Lipinski definition) is 4. The van der Waals surface area contributed by atoms with Crippen LogP contribution in [0, 0.1) is 0 Å². The normalized spacial score (nSPS) is 20.9. The van der Waals surface area contributed by atoms with Crippen molar-refractivity contribution in [3.63, 3.8) is 0 Å². The average molecular weight is 396 g/mol. The first kappa shape index (κ1) is 19.8. The van der Waals surface area contributed by atoms with Crippen molar-refractivity contribution in [3.8, 4) is 0 Å². The largest absolute Gasteiger partial charge is 0.393 e. The van der Waals surface area contributed by atoms with Gasteiger partial charge in [-0.05, 0) is 42.5 Å². The smallest absolute Gasteiger partial charge is 0.250 e. The predicted molar refractivity (Wildman–Crippen MR) is 111 cm³/mol. The lowest BCUT2D eigenvalue weighted by atomic mass is 9.91. The fraction of sp³-hybridized carbons (Fsp3) is 0.455. The Morgan fingerprint density at radius 3 is 2.66 bits per heavy atom. The van der Waals surface area contributed by atoms with Crippen molar-refractivity contribution in [1.82, 2.24) is 10.3 Å². The Kier molecular flexibility index (Phi) is 5.80. The second-order valence-electron chi connectivity index (χ2n) is 7.98. The van der Waals surface area contributed by atoms with E-state index in [4.69, 9.17) is 5.73 Å². The topological polar surface area (TPSA) is 112 Å². The summed E-state index contributed by atoms with van der Waals surface area (Å²) < 4.78 is 0. The molecule has 0 radical (unpaired) electrons. The number of aromatic nitrogens is 1. The number of primary amides is 1. The van der Waals surface area contributed by atoms with Crippen molar-refractivity contribution < 1.29 is 15.0 Å². The number of anilines is 1. The maximum atomic E-state index is 11.9. The molecule has 1 saturated heterocycles. The number of nitrogens with one attached hydrogen (secondary N) is 1. The van der Waals surface area contributed by atoms with Crippen LogP contribution >= 0.6 is 0 Å². The van der Waals surface area contributed by atoms with Gasteiger partial charge in [0.05, 0.1) is 23.5 Å². The van der Waals surface area contributed by atoms with Crippen LogP contribution in [0.5, 0.6) is 0 Å². The zero-order valence-corrected chi connectivity index (χ0v) is 16.4. The summed E-state index contributed by atoms with van der Waals surface area (Å²) in [6.07, 6.45) is 1.42. The number of benzene rings is 1. The van der Waals surface area contributed by atoms with Gasteiger partial charge in [0.1, 0.15) is 5.82 Å². The van der Waals surface area contributed by atoms with Gasteiger partial charge in [0.15, 0.2) is 0 Å². The number of aliphatic hydroxyl groups is 2. The Morgan fingerprint density at radius 1 is 1.21 bits per heavy atom. The molecule has 29 heavy (non-hydrogen) atoms. The van der Waals surface area contributed by atoms with Crippen LogP contribution in [-0.4, -0.2) is 52.4 Å². The molecule has 7 nitrogen and oxygen atoms in total. The molecule has 1 amide bonds. The molecule has 1 fully saturated rings. The van der Waals surface area contributed by atoms with E-state index in [1.165, 1.54) is 11.1 Å². The third kappa shape index (κ3) is 4.42. The van der Waals surface area contributed by atoms with Gasteiger partial charge in [-0.25, -0.2) is 4.98 Å². The van der Waals surface area contributed by atoms with Crippen LogP contribution in [0.1, 0.15) is 40.0 Å². The second kappa shape index (κ2) is 8.49. The number of nitrogens with two attached hydrogens (primary N) is 1. The van der Waals surface area contributed by atoms with Crippen LogP contribution in [-0.2, 0) is 19.4 Å². The Morgan fingerprint density at radius 2 is 1.93 bits per heavy atom. The fourth-order valence-corrected chi connectivity index (χ4v) is 4.23. The molecule has 3 heterocycles. The average Bonchev–Trinajstić information content (AvgIpc) is 2.73. The Balaban J connectivity index is 1.52. The van der Waals surface area contributed by atoms with Gasteiger partial charge in [-0.3, -0.25) is 4.79 Å². The van der Waals surface area contributed by atoms with Gasteiger partial charge >= 0.3 is 0 Å². The lowest BCUT2D eigenvalue weighted by Crippen LogP contribution is -2.45. The fourth-order valence-electron chi connectivity index (χ4n) is 4.23. The SMILES string of the molecule is NC(=O)c1ccc(N2CCC(O)CC2)nc1C[C@@H](O)[C@@H]1Cc2ccccc2CN1. The molecule has 0 unspecified atom stereocenters. The highest BCUT2D eigenvalue weighted by atomic mass is 16.3.